The molecule has 2 N–H and O–H groups in total. The molecule has 1 aliphatic rings. The summed E-state index contributed by atoms with van der Waals surface area (Å²) in [6.07, 6.45) is -3.05. The number of hydrogen-bond donors (Lipinski definition) is 2. The lowest BCUT2D eigenvalue weighted by Gasteiger charge is -2.19. The van der Waals surface area contributed by atoms with E-state index in [1.807, 2.05) is 24.1 Å². The highest BCUT2D eigenvalue weighted by molar-refractivity contribution is 5.73. The van der Waals surface area contributed by atoms with Gasteiger partial charge in [0.15, 0.2) is 0 Å². The average molecular weight is 516 g/mol. The second-order valence-corrected chi connectivity index (χ2v) is 7.71. The van der Waals surface area contributed by atoms with Gasteiger partial charge in [0.25, 0.3) is 0 Å². The fourth-order valence-electron chi connectivity index (χ4n) is 2.96. The number of halogens is 6. The van der Waals surface area contributed by atoms with E-state index >= 15 is 0 Å². The van der Waals surface area contributed by atoms with Gasteiger partial charge in [0.1, 0.15) is 5.82 Å². The molecule has 198 valence electrons. The molecule has 0 atom stereocenters. The number of fused-ring (bicyclic) bond motifs is 1. The summed E-state index contributed by atoms with van der Waals surface area (Å²) < 4.78 is 67.7. The third kappa shape index (κ3) is 10.8. The predicted molar refractivity (Wildman–Crippen MR) is 109 cm³/mol. The topological polar surface area (TPSA) is 117 Å². The van der Waals surface area contributed by atoms with Gasteiger partial charge < -0.3 is 19.7 Å². The number of imidazole rings is 1. The van der Waals surface area contributed by atoms with Crippen LogP contribution in [-0.4, -0.2) is 90.8 Å². The lowest BCUT2D eigenvalue weighted by Crippen LogP contribution is -2.26. The molecule has 0 amide bonds. The number of nitrogens with zero attached hydrogens (tertiary/aromatic N) is 6. The first kappa shape index (κ1) is 29.9. The van der Waals surface area contributed by atoms with Gasteiger partial charge in [-0.05, 0) is 14.1 Å². The lowest BCUT2D eigenvalue weighted by molar-refractivity contribution is -0.193. The van der Waals surface area contributed by atoms with Crippen LogP contribution < -0.4 is 0 Å². The van der Waals surface area contributed by atoms with Gasteiger partial charge in [-0.1, -0.05) is 0 Å². The third-order valence-electron chi connectivity index (χ3n) is 4.44. The van der Waals surface area contributed by atoms with E-state index in [2.05, 4.69) is 44.7 Å². The van der Waals surface area contributed by atoms with E-state index in [-0.39, 0.29) is 0 Å². The molecule has 2 aromatic rings. The van der Waals surface area contributed by atoms with E-state index in [0.717, 1.165) is 39.1 Å². The molecule has 0 aromatic carbocycles. The highest BCUT2D eigenvalue weighted by Gasteiger charge is 2.38. The number of aliphatic carboxylic acids is 2. The summed E-state index contributed by atoms with van der Waals surface area (Å²) in [6.45, 7) is 5.09. The zero-order chi connectivity index (χ0) is 27.0. The lowest BCUT2D eigenvalue weighted by atomic mass is 10.3. The molecule has 0 unspecified atom stereocenters. The molecule has 0 saturated heterocycles. The van der Waals surface area contributed by atoms with E-state index < -0.39 is 24.3 Å². The summed E-state index contributed by atoms with van der Waals surface area (Å²) in [5, 5.41) is 18.5. The van der Waals surface area contributed by atoms with Gasteiger partial charge in [-0.15, -0.1) is 0 Å². The van der Waals surface area contributed by atoms with Crippen molar-refractivity contribution < 1.29 is 46.1 Å². The zero-order valence-electron chi connectivity index (χ0n) is 19.1. The predicted octanol–water partition coefficient (Wildman–Crippen LogP) is 2.00. The highest BCUT2D eigenvalue weighted by Crippen LogP contribution is 2.15. The van der Waals surface area contributed by atoms with Crippen LogP contribution in [0.15, 0.2) is 18.6 Å². The Labute approximate surface area is 196 Å². The summed E-state index contributed by atoms with van der Waals surface area (Å²) in [4.78, 5) is 27.1. The van der Waals surface area contributed by atoms with Gasteiger partial charge in [-0.3, -0.25) is 9.58 Å². The monoisotopic (exact) mass is 516 g/mol. The molecule has 0 spiro atoms. The van der Waals surface area contributed by atoms with Crippen molar-refractivity contribution >= 4 is 11.9 Å². The molecule has 3 heterocycles. The first-order chi connectivity index (χ1) is 16.0. The van der Waals surface area contributed by atoms with Crippen molar-refractivity contribution in [3.63, 3.8) is 0 Å². The van der Waals surface area contributed by atoms with Crippen molar-refractivity contribution in [2.24, 2.45) is 7.05 Å². The maximum Gasteiger partial charge on any atom is 0.490 e. The number of carboxylic acid groups (broad SMARTS) is 2. The number of aromatic nitrogens is 4. The largest absolute Gasteiger partial charge is 0.490 e. The van der Waals surface area contributed by atoms with E-state index in [9.17, 15) is 26.3 Å². The van der Waals surface area contributed by atoms with Gasteiger partial charge in [-0.2, -0.15) is 31.4 Å². The maximum atomic E-state index is 10.6. The molecule has 1 aliphatic heterocycles. The summed E-state index contributed by atoms with van der Waals surface area (Å²) in [5.74, 6) is -4.29. The van der Waals surface area contributed by atoms with Crippen LogP contribution in [0, 0.1) is 0 Å². The van der Waals surface area contributed by atoms with Gasteiger partial charge in [0.2, 0.25) is 0 Å². The summed E-state index contributed by atoms with van der Waals surface area (Å²) in [7, 11) is 6.17. The smallest absolute Gasteiger partial charge is 0.475 e. The minimum Gasteiger partial charge on any atom is -0.475 e. The van der Waals surface area contributed by atoms with Crippen molar-refractivity contribution in [1.29, 1.82) is 0 Å². The number of aryl methyl sites for hydroxylation is 1. The van der Waals surface area contributed by atoms with Crippen LogP contribution in [-0.2, 0) is 42.7 Å². The molecular weight excluding hydrogens is 490 g/mol. The fraction of sp³-hybridized carbons (Fsp3) is 0.579. The zero-order valence-corrected chi connectivity index (χ0v) is 19.1. The second kappa shape index (κ2) is 12.5. The summed E-state index contributed by atoms with van der Waals surface area (Å²) in [6, 6.07) is 0. The molecule has 35 heavy (non-hydrogen) atoms. The van der Waals surface area contributed by atoms with E-state index in [1.54, 1.807) is 0 Å². The van der Waals surface area contributed by atoms with Crippen LogP contribution >= 0.6 is 0 Å². The molecule has 0 aliphatic carbocycles. The van der Waals surface area contributed by atoms with Gasteiger partial charge in [0.05, 0.1) is 11.9 Å². The van der Waals surface area contributed by atoms with Crippen LogP contribution in [0.1, 0.15) is 17.1 Å². The normalized spacial score (nSPS) is 14.2. The molecule has 3 rings (SSSR count). The Bertz CT molecular complexity index is 946. The number of carbonyl (C=O) groups is 2. The Hall–Kier alpha value is -3.14. The molecule has 10 nitrogen and oxygen atoms in total. The van der Waals surface area contributed by atoms with Crippen molar-refractivity contribution in [1.82, 2.24) is 29.1 Å². The van der Waals surface area contributed by atoms with Crippen molar-refractivity contribution in [3.8, 4) is 0 Å². The molecule has 0 radical (unpaired) electrons. The van der Waals surface area contributed by atoms with Gasteiger partial charge in [-0.25, -0.2) is 14.6 Å². The number of carboxylic acids is 2. The number of rotatable bonds is 4. The van der Waals surface area contributed by atoms with Crippen molar-refractivity contribution in [2.75, 3.05) is 27.2 Å². The van der Waals surface area contributed by atoms with Crippen LogP contribution in [0.3, 0.4) is 0 Å². The third-order valence-corrected chi connectivity index (χ3v) is 4.44. The Morgan fingerprint density at radius 1 is 1.00 bits per heavy atom. The van der Waals surface area contributed by atoms with Crippen molar-refractivity contribution in [2.45, 2.75) is 38.4 Å². The highest BCUT2D eigenvalue weighted by atomic mass is 19.4. The van der Waals surface area contributed by atoms with Crippen LogP contribution in [0.4, 0.5) is 26.3 Å². The van der Waals surface area contributed by atoms with E-state index in [0.29, 0.717) is 0 Å². The van der Waals surface area contributed by atoms with Gasteiger partial charge >= 0.3 is 24.3 Å². The van der Waals surface area contributed by atoms with E-state index in [1.165, 1.54) is 17.1 Å². The quantitative estimate of drug-likeness (QED) is 0.593. The molecule has 0 saturated carbocycles. The van der Waals surface area contributed by atoms with Crippen LogP contribution in [0.2, 0.25) is 0 Å². The first-order valence-electron chi connectivity index (χ1n) is 9.98. The molecule has 0 fully saturated rings. The molecule has 2 aromatic heterocycles. The minimum absolute atomic E-state index is 0.954. The average Bonchev–Trinajstić information content (AvgIpc) is 3.22. The minimum atomic E-state index is -5.08. The SMILES string of the molecule is CN(C)Cc1cnc2n1CCN(Cc1cnn(C)c1)CC2.O=C(O)C(F)(F)F.O=C(O)C(F)(F)F. The Balaban J connectivity index is 0.000000362. The van der Waals surface area contributed by atoms with Crippen molar-refractivity contribution in [3.05, 3.63) is 35.7 Å². The second-order valence-electron chi connectivity index (χ2n) is 7.71. The molecule has 16 heteroatoms. The van der Waals surface area contributed by atoms with Crippen LogP contribution in [0.5, 0.6) is 0 Å². The first-order valence-corrected chi connectivity index (χ1v) is 9.98. The standard InChI is InChI=1S/C15H24N6.2C2HF3O2/c1-18(2)12-14-9-16-15-4-5-20(6-7-21(14)15)11-13-8-17-19(3)10-13;2*3-2(4,5)1(6)7/h8-10H,4-7,11-12H2,1-3H3;2*(H,6,7). The van der Waals surface area contributed by atoms with E-state index in [4.69, 9.17) is 19.8 Å². The van der Waals surface area contributed by atoms with Crippen LogP contribution in [0.25, 0.3) is 0 Å². The number of alkyl halides is 6. The Kier molecular flexibility index (Phi) is 10.7. The maximum absolute atomic E-state index is 10.6. The molecular formula is C19H26F6N6O4. The Morgan fingerprint density at radius 3 is 1.97 bits per heavy atom. The summed E-state index contributed by atoms with van der Waals surface area (Å²) >= 11 is 0. The molecule has 0 bridgehead atoms. The summed E-state index contributed by atoms with van der Waals surface area (Å²) in [5.41, 5.74) is 2.60. The van der Waals surface area contributed by atoms with Gasteiger partial charge in [0, 0.05) is 64.1 Å². The fourth-order valence-corrected chi connectivity index (χ4v) is 2.96. The Morgan fingerprint density at radius 2 is 1.54 bits per heavy atom. The number of hydrogen-bond acceptors (Lipinski definition) is 6.